The summed E-state index contributed by atoms with van der Waals surface area (Å²) in [6.45, 7) is 1.69. The van der Waals surface area contributed by atoms with Gasteiger partial charge in [0.2, 0.25) is 5.91 Å². The Balaban J connectivity index is 1.45. The van der Waals surface area contributed by atoms with Crippen LogP contribution < -0.4 is 0 Å². The molecule has 0 fully saturated rings. The topological polar surface area (TPSA) is 84.5 Å². The largest absolute Gasteiger partial charge is 0.450 e. The molecule has 2 amide bonds. The summed E-state index contributed by atoms with van der Waals surface area (Å²) in [6.07, 6.45) is 10.6. The molecule has 38 heavy (non-hydrogen) atoms. The average Bonchev–Trinajstić information content (AvgIpc) is 3.61. The average molecular weight is 530 g/mol. The molecule has 2 aromatic carbocycles. The standard InChI is InChI=1S/C29H28ClN5O3/c1-33(2)29(37)26-18-24-17-23(16-21(28(24)38-26)8-5-20-6-9-25(30)10-7-20)22-4-3-13-34(19-22)27(36)11-14-35-15-12-31-32-35/h4-10,12,15-18H,3,11,13-14,19H2,1-2H3/b8-5+. The molecule has 0 spiro atoms. The fourth-order valence-electron chi connectivity index (χ4n) is 4.46. The van der Waals surface area contributed by atoms with Crippen molar-refractivity contribution in [3.63, 3.8) is 0 Å². The third-order valence-electron chi connectivity index (χ3n) is 6.49. The number of aromatic nitrogens is 3. The van der Waals surface area contributed by atoms with Crippen LogP contribution in [0.5, 0.6) is 0 Å². The van der Waals surface area contributed by atoms with E-state index in [1.165, 1.54) is 4.90 Å². The first-order valence-corrected chi connectivity index (χ1v) is 12.8. The van der Waals surface area contributed by atoms with E-state index in [0.717, 1.165) is 34.1 Å². The van der Waals surface area contributed by atoms with Gasteiger partial charge in [-0.05, 0) is 53.5 Å². The Kier molecular flexibility index (Phi) is 7.42. The zero-order valence-electron chi connectivity index (χ0n) is 21.3. The highest BCUT2D eigenvalue weighted by molar-refractivity contribution is 6.30. The Bertz CT molecular complexity index is 1520. The second-order valence-corrected chi connectivity index (χ2v) is 9.86. The minimum atomic E-state index is -0.198. The Morgan fingerprint density at radius 3 is 2.68 bits per heavy atom. The number of halogens is 1. The Morgan fingerprint density at radius 2 is 1.95 bits per heavy atom. The summed E-state index contributed by atoms with van der Waals surface area (Å²) in [7, 11) is 3.40. The van der Waals surface area contributed by atoms with Gasteiger partial charge in [0.15, 0.2) is 5.76 Å². The SMILES string of the molecule is CN(C)C(=O)c1cc2cc(C3=CCCN(C(=O)CCn4ccnn4)C3)cc(/C=C/c3ccc(Cl)cc3)c2o1. The minimum Gasteiger partial charge on any atom is -0.450 e. The third kappa shape index (κ3) is 5.70. The second kappa shape index (κ2) is 11.1. The third-order valence-corrected chi connectivity index (χ3v) is 6.74. The highest BCUT2D eigenvalue weighted by atomic mass is 35.5. The summed E-state index contributed by atoms with van der Waals surface area (Å²) in [4.78, 5) is 28.9. The number of amides is 2. The lowest BCUT2D eigenvalue weighted by Crippen LogP contribution is -2.35. The molecule has 0 radical (unpaired) electrons. The van der Waals surface area contributed by atoms with Crippen LogP contribution in [0.2, 0.25) is 5.02 Å². The van der Waals surface area contributed by atoms with Crippen molar-refractivity contribution in [1.82, 2.24) is 24.8 Å². The van der Waals surface area contributed by atoms with Crippen molar-refractivity contribution in [2.24, 2.45) is 0 Å². The monoisotopic (exact) mass is 529 g/mol. The van der Waals surface area contributed by atoms with Crippen molar-refractivity contribution in [3.05, 3.63) is 88.4 Å². The molecule has 0 aliphatic carbocycles. The first-order chi connectivity index (χ1) is 18.4. The molecule has 8 nitrogen and oxygen atoms in total. The molecular formula is C29H28ClN5O3. The number of rotatable bonds is 7. The number of carbonyl (C=O) groups is 2. The van der Waals surface area contributed by atoms with Crippen molar-refractivity contribution in [2.45, 2.75) is 19.4 Å². The Morgan fingerprint density at radius 1 is 1.13 bits per heavy atom. The van der Waals surface area contributed by atoms with Crippen LogP contribution in [0.15, 0.2) is 65.4 Å². The molecule has 194 valence electrons. The fraction of sp³-hybridized carbons (Fsp3) is 0.241. The number of nitrogens with zero attached hydrogens (tertiary/aromatic N) is 5. The number of hydrogen-bond acceptors (Lipinski definition) is 5. The van der Waals surface area contributed by atoms with E-state index < -0.39 is 0 Å². The maximum atomic E-state index is 12.9. The Hall–Kier alpha value is -4.17. The van der Waals surface area contributed by atoms with Crippen LogP contribution in [0, 0.1) is 0 Å². The predicted molar refractivity (Wildman–Crippen MR) is 148 cm³/mol. The summed E-state index contributed by atoms with van der Waals surface area (Å²) >= 11 is 6.04. The first kappa shape index (κ1) is 25.5. The van der Waals surface area contributed by atoms with Crippen molar-refractivity contribution in [3.8, 4) is 0 Å². The maximum Gasteiger partial charge on any atom is 0.289 e. The lowest BCUT2D eigenvalue weighted by atomic mass is 9.96. The van der Waals surface area contributed by atoms with Gasteiger partial charge in [0.1, 0.15) is 5.58 Å². The first-order valence-electron chi connectivity index (χ1n) is 12.4. The molecular weight excluding hydrogens is 502 g/mol. The summed E-state index contributed by atoms with van der Waals surface area (Å²) in [5, 5.41) is 9.24. The van der Waals surface area contributed by atoms with E-state index in [1.807, 2.05) is 47.4 Å². The van der Waals surface area contributed by atoms with Gasteiger partial charge in [-0.1, -0.05) is 47.2 Å². The van der Waals surface area contributed by atoms with E-state index in [1.54, 1.807) is 37.2 Å². The van der Waals surface area contributed by atoms with Gasteiger partial charge in [-0.15, -0.1) is 5.10 Å². The number of furan rings is 1. The Labute approximate surface area is 225 Å². The van der Waals surface area contributed by atoms with Crippen LogP contribution >= 0.6 is 11.6 Å². The number of hydrogen-bond donors (Lipinski definition) is 0. The number of aryl methyl sites for hydroxylation is 1. The second-order valence-electron chi connectivity index (χ2n) is 9.43. The van der Waals surface area contributed by atoms with E-state index in [-0.39, 0.29) is 17.6 Å². The van der Waals surface area contributed by atoms with Crippen molar-refractivity contribution >= 4 is 52.1 Å². The normalized spacial score (nSPS) is 13.8. The number of fused-ring (bicyclic) bond motifs is 1. The number of benzene rings is 2. The van der Waals surface area contributed by atoms with Gasteiger partial charge in [-0.25, -0.2) is 0 Å². The molecule has 2 aromatic heterocycles. The lowest BCUT2D eigenvalue weighted by molar-refractivity contribution is -0.131. The molecule has 0 N–H and O–H groups in total. The van der Waals surface area contributed by atoms with Gasteiger partial charge in [-0.3, -0.25) is 14.3 Å². The fourth-order valence-corrected chi connectivity index (χ4v) is 4.59. The van der Waals surface area contributed by atoms with Crippen molar-refractivity contribution < 1.29 is 14.0 Å². The molecule has 4 aromatic rings. The molecule has 0 atom stereocenters. The van der Waals surface area contributed by atoms with E-state index in [4.69, 9.17) is 16.0 Å². The maximum absolute atomic E-state index is 12.9. The van der Waals surface area contributed by atoms with E-state index in [0.29, 0.717) is 36.7 Å². The van der Waals surface area contributed by atoms with Gasteiger partial charge < -0.3 is 14.2 Å². The molecule has 0 bridgehead atoms. The van der Waals surface area contributed by atoms with Gasteiger partial charge >= 0.3 is 0 Å². The van der Waals surface area contributed by atoms with Crippen LogP contribution in [0.25, 0.3) is 28.7 Å². The molecule has 0 saturated heterocycles. The minimum absolute atomic E-state index is 0.0808. The molecule has 3 heterocycles. The summed E-state index contributed by atoms with van der Waals surface area (Å²) < 4.78 is 7.70. The van der Waals surface area contributed by atoms with Gasteiger partial charge in [0, 0.05) is 55.8 Å². The molecule has 5 rings (SSSR count). The van der Waals surface area contributed by atoms with Crippen LogP contribution in [0.4, 0.5) is 0 Å². The zero-order valence-corrected chi connectivity index (χ0v) is 22.1. The quantitative estimate of drug-likeness (QED) is 0.305. The van der Waals surface area contributed by atoms with Crippen LogP contribution in [-0.2, 0) is 11.3 Å². The van der Waals surface area contributed by atoms with Gasteiger partial charge in [0.25, 0.3) is 5.91 Å². The summed E-state index contributed by atoms with van der Waals surface area (Å²) in [6, 6.07) is 13.4. The van der Waals surface area contributed by atoms with E-state index in [2.05, 4.69) is 22.5 Å². The van der Waals surface area contributed by atoms with Crippen LogP contribution in [0.1, 0.15) is 40.1 Å². The predicted octanol–water partition coefficient (Wildman–Crippen LogP) is 5.26. The van der Waals surface area contributed by atoms with E-state index in [9.17, 15) is 9.59 Å². The van der Waals surface area contributed by atoms with Crippen molar-refractivity contribution in [2.75, 3.05) is 27.2 Å². The van der Waals surface area contributed by atoms with Gasteiger partial charge in [-0.2, -0.15) is 0 Å². The van der Waals surface area contributed by atoms with Crippen LogP contribution in [0.3, 0.4) is 0 Å². The zero-order chi connectivity index (χ0) is 26.6. The summed E-state index contributed by atoms with van der Waals surface area (Å²) in [5.41, 5.74) is 4.54. The van der Waals surface area contributed by atoms with E-state index >= 15 is 0 Å². The molecule has 0 saturated carbocycles. The highest BCUT2D eigenvalue weighted by Gasteiger charge is 2.21. The van der Waals surface area contributed by atoms with Gasteiger partial charge in [0.05, 0.1) is 12.7 Å². The van der Waals surface area contributed by atoms with Crippen LogP contribution in [-0.4, -0.2) is 63.8 Å². The molecule has 9 heteroatoms. The highest BCUT2D eigenvalue weighted by Crippen LogP contribution is 2.31. The molecule has 1 aliphatic heterocycles. The molecule has 1 aliphatic rings. The van der Waals surface area contributed by atoms with Crippen molar-refractivity contribution in [1.29, 1.82) is 0 Å². The smallest absolute Gasteiger partial charge is 0.289 e. The molecule has 0 unspecified atom stereocenters. The summed E-state index contributed by atoms with van der Waals surface area (Å²) in [5.74, 6) is 0.166. The lowest BCUT2D eigenvalue weighted by Gasteiger charge is -2.28. The number of carbonyl (C=O) groups excluding carboxylic acids is 2.